The molecule has 0 radical (unpaired) electrons. The van der Waals surface area contributed by atoms with Gasteiger partial charge in [0.05, 0.1) is 23.8 Å². The van der Waals surface area contributed by atoms with Gasteiger partial charge in [0.1, 0.15) is 11.4 Å². The molecule has 0 atom stereocenters. The zero-order valence-electron chi connectivity index (χ0n) is 12.5. The van der Waals surface area contributed by atoms with Crippen molar-refractivity contribution >= 4 is 16.4 Å². The minimum Gasteiger partial charge on any atom is -0.506 e. The number of imidazole rings is 1. The maximum Gasteiger partial charge on any atom is 0.260 e. The first-order valence-corrected chi connectivity index (χ1v) is 7.22. The number of hydrogen-bond donors (Lipinski definition) is 1. The van der Waals surface area contributed by atoms with E-state index >= 15 is 0 Å². The second kappa shape index (κ2) is 4.95. The Kier molecular flexibility index (Phi) is 2.90. The Hall–Kier alpha value is -3.15. The number of aryl methyl sites for hydroxylation is 1. The summed E-state index contributed by atoms with van der Waals surface area (Å²) in [4.78, 5) is 20.9. The third kappa shape index (κ3) is 2.24. The molecule has 0 spiro atoms. The van der Waals surface area contributed by atoms with Crippen molar-refractivity contribution in [3.8, 4) is 5.75 Å². The monoisotopic (exact) mass is 306 g/mol. The summed E-state index contributed by atoms with van der Waals surface area (Å²) in [6.07, 6.45) is 8.38. The molecule has 0 aliphatic heterocycles. The molecule has 0 aliphatic rings. The number of aromatic hydroxyl groups is 1. The molecule has 4 heterocycles. The van der Waals surface area contributed by atoms with Crippen LogP contribution in [0.4, 0.5) is 0 Å². The van der Waals surface area contributed by atoms with Gasteiger partial charge in [-0.15, -0.1) is 0 Å². The zero-order chi connectivity index (χ0) is 16.0. The Bertz CT molecular complexity index is 1090. The third-order valence-corrected chi connectivity index (χ3v) is 3.86. The maximum absolute atomic E-state index is 12.5. The quantitative estimate of drug-likeness (QED) is 0.615. The Morgan fingerprint density at radius 1 is 1.13 bits per heavy atom. The zero-order valence-corrected chi connectivity index (χ0v) is 12.5. The molecule has 4 aromatic heterocycles. The topological polar surface area (TPSA) is 72.4 Å². The van der Waals surface area contributed by atoms with Crippen molar-refractivity contribution in [3.63, 3.8) is 0 Å². The summed E-state index contributed by atoms with van der Waals surface area (Å²) in [6.45, 7) is 2.39. The average molecular weight is 306 g/mol. The highest BCUT2D eigenvalue weighted by molar-refractivity contribution is 5.85. The van der Waals surface area contributed by atoms with Crippen molar-refractivity contribution in [3.05, 3.63) is 70.8 Å². The minimum atomic E-state index is -0.195. The first kappa shape index (κ1) is 13.5. The van der Waals surface area contributed by atoms with Gasteiger partial charge in [-0.3, -0.25) is 9.78 Å². The van der Waals surface area contributed by atoms with Crippen LogP contribution in [-0.2, 0) is 6.54 Å². The SMILES string of the molecule is Cc1ccc2nc(Cn3ccc4c(O)cncc4c3=O)cn2c1. The van der Waals surface area contributed by atoms with Gasteiger partial charge in [-0.05, 0) is 24.6 Å². The fourth-order valence-electron chi connectivity index (χ4n) is 2.72. The molecule has 0 amide bonds. The lowest BCUT2D eigenvalue weighted by Gasteiger charge is -2.05. The van der Waals surface area contributed by atoms with E-state index in [-0.39, 0.29) is 11.3 Å². The summed E-state index contributed by atoms with van der Waals surface area (Å²) in [6, 6.07) is 5.67. The van der Waals surface area contributed by atoms with E-state index in [1.807, 2.05) is 35.9 Å². The average Bonchev–Trinajstić information content (AvgIpc) is 2.92. The summed E-state index contributed by atoms with van der Waals surface area (Å²) >= 11 is 0. The van der Waals surface area contributed by atoms with E-state index < -0.39 is 0 Å². The first-order valence-electron chi connectivity index (χ1n) is 7.22. The van der Waals surface area contributed by atoms with Gasteiger partial charge in [-0.2, -0.15) is 0 Å². The molecule has 0 bridgehead atoms. The van der Waals surface area contributed by atoms with Crippen LogP contribution in [-0.4, -0.2) is 24.0 Å². The molecule has 1 N–H and O–H groups in total. The van der Waals surface area contributed by atoms with Gasteiger partial charge in [-0.25, -0.2) is 4.98 Å². The summed E-state index contributed by atoms with van der Waals surface area (Å²) in [5.41, 5.74) is 2.59. The van der Waals surface area contributed by atoms with E-state index in [0.717, 1.165) is 16.9 Å². The van der Waals surface area contributed by atoms with Gasteiger partial charge >= 0.3 is 0 Å². The Morgan fingerprint density at radius 2 is 2.00 bits per heavy atom. The van der Waals surface area contributed by atoms with Crippen molar-refractivity contribution in [2.75, 3.05) is 0 Å². The van der Waals surface area contributed by atoms with E-state index in [2.05, 4.69) is 9.97 Å². The predicted molar refractivity (Wildman–Crippen MR) is 86.7 cm³/mol. The molecule has 0 saturated carbocycles. The second-order valence-corrected chi connectivity index (χ2v) is 5.57. The normalized spacial score (nSPS) is 11.3. The van der Waals surface area contributed by atoms with E-state index in [1.54, 1.807) is 16.8 Å². The molecule has 0 aromatic carbocycles. The number of fused-ring (bicyclic) bond motifs is 2. The lowest BCUT2D eigenvalue weighted by Crippen LogP contribution is -2.20. The first-order chi connectivity index (χ1) is 11.1. The van der Waals surface area contributed by atoms with Crippen LogP contribution in [0.5, 0.6) is 5.75 Å². The molecule has 114 valence electrons. The van der Waals surface area contributed by atoms with Crippen LogP contribution in [0.3, 0.4) is 0 Å². The van der Waals surface area contributed by atoms with E-state index in [0.29, 0.717) is 17.3 Å². The number of hydrogen-bond acceptors (Lipinski definition) is 4. The van der Waals surface area contributed by atoms with Crippen LogP contribution in [0.25, 0.3) is 16.4 Å². The van der Waals surface area contributed by atoms with E-state index in [9.17, 15) is 9.90 Å². The van der Waals surface area contributed by atoms with Gasteiger partial charge < -0.3 is 14.1 Å². The highest BCUT2D eigenvalue weighted by atomic mass is 16.3. The second-order valence-electron chi connectivity index (χ2n) is 5.57. The number of rotatable bonds is 2. The van der Waals surface area contributed by atoms with Gasteiger partial charge in [0, 0.05) is 30.2 Å². The highest BCUT2D eigenvalue weighted by Gasteiger charge is 2.08. The summed E-state index contributed by atoms with van der Waals surface area (Å²) in [7, 11) is 0. The number of nitrogens with zero attached hydrogens (tertiary/aromatic N) is 4. The largest absolute Gasteiger partial charge is 0.506 e. The lowest BCUT2D eigenvalue weighted by atomic mass is 10.2. The van der Waals surface area contributed by atoms with Gasteiger partial charge in [0.15, 0.2) is 0 Å². The summed E-state index contributed by atoms with van der Waals surface area (Å²) < 4.78 is 3.52. The summed E-state index contributed by atoms with van der Waals surface area (Å²) in [5, 5.41) is 10.7. The Balaban J connectivity index is 1.79. The van der Waals surface area contributed by atoms with Gasteiger partial charge in [0.2, 0.25) is 0 Å². The van der Waals surface area contributed by atoms with Crippen molar-refractivity contribution in [2.24, 2.45) is 0 Å². The van der Waals surface area contributed by atoms with Gasteiger partial charge in [0.25, 0.3) is 5.56 Å². The predicted octanol–water partition coefficient (Wildman–Crippen LogP) is 2.11. The van der Waals surface area contributed by atoms with Crippen LogP contribution in [0.2, 0.25) is 0 Å². The van der Waals surface area contributed by atoms with E-state index in [4.69, 9.17) is 0 Å². The molecular formula is C17H14N4O2. The molecule has 0 aliphatic carbocycles. The highest BCUT2D eigenvalue weighted by Crippen LogP contribution is 2.19. The molecule has 4 rings (SSSR count). The van der Waals surface area contributed by atoms with Crippen molar-refractivity contribution in [1.29, 1.82) is 0 Å². The van der Waals surface area contributed by atoms with Crippen molar-refractivity contribution in [1.82, 2.24) is 18.9 Å². The van der Waals surface area contributed by atoms with Crippen LogP contribution in [0.1, 0.15) is 11.3 Å². The third-order valence-electron chi connectivity index (χ3n) is 3.86. The fourth-order valence-corrected chi connectivity index (χ4v) is 2.72. The van der Waals surface area contributed by atoms with Crippen molar-refractivity contribution in [2.45, 2.75) is 13.5 Å². The fraction of sp³-hybridized carbons (Fsp3) is 0.118. The van der Waals surface area contributed by atoms with E-state index in [1.165, 1.54) is 12.4 Å². The molecular weight excluding hydrogens is 292 g/mol. The lowest BCUT2D eigenvalue weighted by molar-refractivity contribution is 0.479. The van der Waals surface area contributed by atoms with Crippen LogP contribution in [0.15, 0.2) is 54.0 Å². The maximum atomic E-state index is 12.5. The molecule has 4 aromatic rings. The standard InChI is InChI=1S/C17H14N4O2/c1-11-2-3-16-19-12(10-21(16)8-11)9-20-5-4-13-14(17(20)23)6-18-7-15(13)22/h2-8,10,22H,9H2,1H3. The molecule has 23 heavy (non-hydrogen) atoms. The molecule has 6 nitrogen and oxygen atoms in total. The molecule has 0 fully saturated rings. The minimum absolute atomic E-state index is 0.00922. The van der Waals surface area contributed by atoms with Crippen LogP contribution < -0.4 is 5.56 Å². The van der Waals surface area contributed by atoms with Crippen LogP contribution >= 0.6 is 0 Å². The molecule has 0 saturated heterocycles. The molecule has 6 heteroatoms. The van der Waals surface area contributed by atoms with Crippen LogP contribution in [0, 0.1) is 6.92 Å². The Morgan fingerprint density at radius 3 is 2.87 bits per heavy atom. The smallest absolute Gasteiger partial charge is 0.260 e. The summed E-state index contributed by atoms with van der Waals surface area (Å²) in [5.74, 6) is 0.00922. The van der Waals surface area contributed by atoms with Gasteiger partial charge in [-0.1, -0.05) is 6.07 Å². The Labute approximate surface area is 131 Å². The number of aromatic nitrogens is 4. The number of pyridine rings is 3. The van der Waals surface area contributed by atoms with Crippen molar-refractivity contribution < 1.29 is 5.11 Å². The molecule has 0 unspecified atom stereocenters.